The maximum Gasteiger partial charge on any atom is 0.0201 e. The molecule has 0 saturated carbocycles. The summed E-state index contributed by atoms with van der Waals surface area (Å²) < 4.78 is 2.47. The van der Waals surface area contributed by atoms with E-state index in [-0.39, 0.29) is 0 Å². The van der Waals surface area contributed by atoms with E-state index >= 15 is 0 Å². The van der Waals surface area contributed by atoms with Gasteiger partial charge in [-0.25, -0.2) is 3.11 Å². The first-order valence-electron chi connectivity index (χ1n) is 5.26. The molecule has 13 heavy (non-hydrogen) atoms. The van der Waals surface area contributed by atoms with Crippen LogP contribution in [0, 0.1) is 5.41 Å². The lowest BCUT2D eigenvalue weighted by atomic mass is 9.73. The number of hydrogen-bond donors (Lipinski definition) is 0. The average Bonchev–Trinajstić information content (AvgIpc) is 1.99. The Hall–Kier alpha value is 0.650. The van der Waals surface area contributed by atoms with Crippen LogP contribution in [0.25, 0.3) is 0 Å². The summed E-state index contributed by atoms with van der Waals surface area (Å²) in [6.07, 6.45) is 2.85. The molecule has 0 aromatic rings. The molecule has 2 aliphatic heterocycles. The van der Waals surface area contributed by atoms with E-state index in [0.717, 1.165) is 6.04 Å². The zero-order valence-corrected chi connectivity index (χ0v) is 10.7. The normalized spacial score (nSPS) is 29.5. The third-order valence-corrected chi connectivity index (χ3v) is 4.25. The largest absolute Gasteiger partial charge is 0.300 e. The summed E-state index contributed by atoms with van der Waals surface area (Å²) in [7, 11) is 0. The molecule has 2 saturated heterocycles. The average molecular weight is 294 g/mol. The predicted molar refractivity (Wildman–Crippen MR) is 64.0 cm³/mol. The zero-order valence-electron chi connectivity index (χ0n) is 8.59. The van der Waals surface area contributed by atoms with Crippen molar-refractivity contribution in [3.63, 3.8) is 0 Å². The molecule has 0 radical (unpaired) electrons. The molecule has 2 nitrogen and oxygen atoms in total. The van der Waals surface area contributed by atoms with E-state index in [4.69, 9.17) is 0 Å². The number of nitrogens with zero attached hydrogens (tertiary/aromatic N) is 2. The molecule has 3 heteroatoms. The quantitative estimate of drug-likeness (QED) is 0.540. The van der Waals surface area contributed by atoms with E-state index in [1.165, 1.54) is 39.0 Å². The summed E-state index contributed by atoms with van der Waals surface area (Å²) in [6, 6.07) is 0.746. The molecule has 0 aromatic heterocycles. The Balaban J connectivity index is 1.88. The van der Waals surface area contributed by atoms with Crippen molar-refractivity contribution in [3.05, 3.63) is 0 Å². The first-order chi connectivity index (χ1) is 6.11. The topological polar surface area (TPSA) is 6.48 Å². The van der Waals surface area contributed by atoms with Gasteiger partial charge in [-0.05, 0) is 26.7 Å². The molecule has 76 valence electrons. The van der Waals surface area contributed by atoms with E-state index < -0.39 is 0 Å². The highest BCUT2D eigenvalue weighted by Crippen LogP contribution is 2.40. The molecule has 0 atom stereocenters. The van der Waals surface area contributed by atoms with Crippen LogP contribution in [0.1, 0.15) is 26.7 Å². The van der Waals surface area contributed by atoms with Gasteiger partial charge in [0.15, 0.2) is 0 Å². The first kappa shape index (κ1) is 10.2. The number of halogens is 1. The molecule has 2 rings (SSSR count). The summed E-state index contributed by atoms with van der Waals surface area (Å²) in [5.74, 6) is 0. The molecule has 2 heterocycles. The van der Waals surface area contributed by atoms with Crippen LogP contribution in [0.4, 0.5) is 0 Å². The molecule has 0 N–H and O–H groups in total. The lowest BCUT2D eigenvalue weighted by molar-refractivity contribution is -0.0487. The van der Waals surface area contributed by atoms with Gasteiger partial charge in [0, 0.05) is 60.5 Å². The predicted octanol–water partition coefficient (Wildman–Crippen LogP) is 2.14. The minimum atomic E-state index is 0.670. The van der Waals surface area contributed by atoms with Gasteiger partial charge in [0.1, 0.15) is 0 Å². The zero-order chi connectivity index (χ0) is 9.47. The second-order valence-electron chi connectivity index (χ2n) is 4.95. The van der Waals surface area contributed by atoms with Crippen LogP contribution >= 0.6 is 22.9 Å². The van der Waals surface area contributed by atoms with Gasteiger partial charge in [-0.15, -0.1) is 0 Å². The second kappa shape index (κ2) is 3.66. The summed E-state index contributed by atoms with van der Waals surface area (Å²) >= 11 is 2.48. The third kappa shape index (κ3) is 2.02. The van der Waals surface area contributed by atoms with Gasteiger partial charge in [-0.2, -0.15) is 0 Å². The van der Waals surface area contributed by atoms with Gasteiger partial charge in [-0.1, -0.05) is 0 Å². The highest BCUT2D eigenvalue weighted by Gasteiger charge is 2.45. The third-order valence-electron chi connectivity index (χ3n) is 3.42. The maximum atomic E-state index is 2.59. The van der Waals surface area contributed by atoms with E-state index in [1.54, 1.807) is 0 Å². The molecular weight excluding hydrogens is 275 g/mol. The van der Waals surface area contributed by atoms with Crippen LogP contribution in [0.5, 0.6) is 0 Å². The van der Waals surface area contributed by atoms with E-state index in [2.05, 4.69) is 44.7 Å². The molecule has 2 aliphatic rings. The SMILES string of the molecule is CC(C)N1CC2(CCCN(I)C2)C1. The van der Waals surface area contributed by atoms with Gasteiger partial charge in [0.05, 0.1) is 0 Å². The fourth-order valence-electron chi connectivity index (χ4n) is 2.59. The van der Waals surface area contributed by atoms with Crippen LogP contribution in [0.15, 0.2) is 0 Å². The van der Waals surface area contributed by atoms with Crippen LogP contribution < -0.4 is 0 Å². The van der Waals surface area contributed by atoms with Gasteiger partial charge >= 0.3 is 0 Å². The highest BCUT2D eigenvalue weighted by atomic mass is 127. The lowest BCUT2D eigenvalue weighted by Crippen LogP contribution is -2.63. The Morgan fingerprint density at radius 3 is 2.46 bits per heavy atom. The summed E-state index contributed by atoms with van der Waals surface area (Å²) in [5.41, 5.74) is 0.670. The monoisotopic (exact) mass is 294 g/mol. The van der Waals surface area contributed by atoms with E-state index in [1.807, 2.05) is 0 Å². The van der Waals surface area contributed by atoms with Crippen molar-refractivity contribution in [3.8, 4) is 0 Å². The molecule has 0 aliphatic carbocycles. The van der Waals surface area contributed by atoms with E-state index in [0.29, 0.717) is 5.41 Å². The Morgan fingerprint density at radius 2 is 1.92 bits per heavy atom. The lowest BCUT2D eigenvalue weighted by Gasteiger charge is -2.55. The second-order valence-corrected chi connectivity index (χ2v) is 6.31. The Bertz CT molecular complexity index is 187. The standard InChI is InChI=1S/C10H19IN2/c1-9(2)12-6-10(7-12)4-3-5-13(11)8-10/h9H,3-8H2,1-2H3. The van der Waals surface area contributed by atoms with Crippen molar-refractivity contribution in [1.29, 1.82) is 0 Å². The first-order valence-corrected chi connectivity index (χ1v) is 6.23. The van der Waals surface area contributed by atoms with Crippen molar-refractivity contribution in [2.24, 2.45) is 5.41 Å². The van der Waals surface area contributed by atoms with Crippen molar-refractivity contribution in [1.82, 2.24) is 8.01 Å². The Kier molecular flexibility index (Phi) is 2.87. The number of rotatable bonds is 1. The fourth-order valence-corrected chi connectivity index (χ4v) is 3.65. The van der Waals surface area contributed by atoms with Gasteiger partial charge in [0.25, 0.3) is 0 Å². The molecule has 1 spiro atoms. The van der Waals surface area contributed by atoms with Crippen LogP contribution in [0.3, 0.4) is 0 Å². The smallest absolute Gasteiger partial charge is 0.0201 e. The molecule has 0 aromatic carbocycles. The van der Waals surface area contributed by atoms with Gasteiger partial charge in [0.2, 0.25) is 0 Å². The van der Waals surface area contributed by atoms with Crippen molar-refractivity contribution in [2.45, 2.75) is 32.7 Å². The molecular formula is C10H19IN2. The van der Waals surface area contributed by atoms with Crippen LogP contribution in [-0.2, 0) is 0 Å². The summed E-state index contributed by atoms with van der Waals surface area (Å²) in [6.45, 7) is 9.89. The van der Waals surface area contributed by atoms with Crippen LogP contribution in [-0.4, -0.2) is 40.2 Å². The number of hydrogen-bond acceptors (Lipinski definition) is 2. The number of likely N-dealkylation sites (tertiary alicyclic amines) is 1. The molecule has 0 amide bonds. The minimum absolute atomic E-state index is 0.670. The molecule has 0 unspecified atom stereocenters. The molecule has 2 fully saturated rings. The molecule has 0 bridgehead atoms. The van der Waals surface area contributed by atoms with Crippen molar-refractivity contribution in [2.75, 3.05) is 26.2 Å². The fraction of sp³-hybridized carbons (Fsp3) is 1.00. The Labute approximate surface area is 95.2 Å². The van der Waals surface area contributed by atoms with Crippen molar-refractivity contribution >= 4 is 22.9 Å². The Morgan fingerprint density at radius 1 is 1.23 bits per heavy atom. The maximum absolute atomic E-state index is 2.59. The van der Waals surface area contributed by atoms with Gasteiger partial charge in [-0.3, -0.25) is 4.90 Å². The summed E-state index contributed by atoms with van der Waals surface area (Å²) in [4.78, 5) is 2.59. The highest BCUT2D eigenvalue weighted by molar-refractivity contribution is 14.1. The number of piperidine rings is 1. The van der Waals surface area contributed by atoms with E-state index in [9.17, 15) is 0 Å². The van der Waals surface area contributed by atoms with Gasteiger partial charge < -0.3 is 0 Å². The van der Waals surface area contributed by atoms with Crippen LogP contribution in [0.2, 0.25) is 0 Å². The summed E-state index contributed by atoms with van der Waals surface area (Å²) in [5, 5.41) is 0. The minimum Gasteiger partial charge on any atom is -0.300 e. The van der Waals surface area contributed by atoms with Crippen molar-refractivity contribution < 1.29 is 0 Å².